The maximum Gasteiger partial charge on any atom is 0.254 e. The van der Waals surface area contributed by atoms with Gasteiger partial charge in [0, 0.05) is 17.1 Å². The molecule has 0 spiro atoms. The van der Waals surface area contributed by atoms with Gasteiger partial charge in [-0.2, -0.15) is 5.26 Å². The molecule has 0 heterocycles. The van der Waals surface area contributed by atoms with Crippen LogP contribution in [0.4, 0.5) is 0 Å². The van der Waals surface area contributed by atoms with Gasteiger partial charge >= 0.3 is 0 Å². The number of amides is 1. The van der Waals surface area contributed by atoms with E-state index < -0.39 is 6.04 Å². The van der Waals surface area contributed by atoms with Crippen LogP contribution in [0.15, 0.2) is 22.7 Å². The molecular formula is C12H13BrN2O. The summed E-state index contributed by atoms with van der Waals surface area (Å²) >= 11 is 3.33. The second-order valence-corrected chi connectivity index (χ2v) is 4.60. The lowest BCUT2D eigenvalue weighted by molar-refractivity contribution is 0.0772. The van der Waals surface area contributed by atoms with Crippen molar-refractivity contribution in [3.63, 3.8) is 0 Å². The number of hydrogen-bond acceptors (Lipinski definition) is 2. The average molecular weight is 281 g/mol. The van der Waals surface area contributed by atoms with Crippen LogP contribution in [0.1, 0.15) is 22.8 Å². The van der Waals surface area contributed by atoms with Crippen molar-refractivity contribution in [2.24, 2.45) is 0 Å². The standard InChI is InChI=1S/C12H13BrN2O/c1-8-4-5-10(13)6-11(8)12(16)15(3)9(2)7-14/h4-6,9H,1-3H3. The number of aryl methyl sites for hydroxylation is 1. The van der Waals surface area contributed by atoms with Gasteiger partial charge in [0.15, 0.2) is 0 Å². The Morgan fingerprint density at radius 3 is 2.75 bits per heavy atom. The van der Waals surface area contributed by atoms with Crippen LogP contribution in [-0.2, 0) is 0 Å². The van der Waals surface area contributed by atoms with Crippen molar-refractivity contribution in [3.05, 3.63) is 33.8 Å². The number of benzene rings is 1. The average Bonchev–Trinajstić information content (AvgIpc) is 2.29. The summed E-state index contributed by atoms with van der Waals surface area (Å²) in [5, 5.41) is 8.77. The van der Waals surface area contributed by atoms with Crippen LogP contribution < -0.4 is 0 Å². The second-order valence-electron chi connectivity index (χ2n) is 3.68. The lowest BCUT2D eigenvalue weighted by Gasteiger charge is -2.20. The number of halogens is 1. The normalized spacial score (nSPS) is 11.7. The third-order valence-corrected chi connectivity index (χ3v) is 3.01. The highest BCUT2D eigenvalue weighted by molar-refractivity contribution is 9.10. The Balaban J connectivity index is 3.06. The molecule has 0 radical (unpaired) electrons. The van der Waals surface area contributed by atoms with Gasteiger partial charge in [0.25, 0.3) is 5.91 Å². The third-order valence-electron chi connectivity index (χ3n) is 2.52. The van der Waals surface area contributed by atoms with E-state index in [0.29, 0.717) is 5.56 Å². The molecule has 4 heteroatoms. The zero-order valence-electron chi connectivity index (χ0n) is 9.49. The molecule has 0 saturated carbocycles. The molecule has 0 aliphatic heterocycles. The molecule has 0 aromatic heterocycles. The number of nitrogens with zero attached hydrogens (tertiary/aromatic N) is 2. The predicted molar refractivity (Wildman–Crippen MR) is 66.0 cm³/mol. The number of hydrogen-bond donors (Lipinski definition) is 0. The van der Waals surface area contributed by atoms with Crippen LogP contribution in [0.5, 0.6) is 0 Å². The molecule has 0 N–H and O–H groups in total. The maximum absolute atomic E-state index is 12.1. The lowest BCUT2D eigenvalue weighted by atomic mass is 10.1. The minimum Gasteiger partial charge on any atom is -0.326 e. The van der Waals surface area contributed by atoms with E-state index in [1.54, 1.807) is 20.0 Å². The van der Waals surface area contributed by atoms with E-state index in [1.165, 1.54) is 4.90 Å². The van der Waals surface area contributed by atoms with Crippen LogP contribution in [0.3, 0.4) is 0 Å². The third kappa shape index (κ3) is 2.61. The highest BCUT2D eigenvalue weighted by Crippen LogP contribution is 2.18. The molecule has 1 amide bonds. The fourth-order valence-electron chi connectivity index (χ4n) is 1.28. The van der Waals surface area contributed by atoms with Gasteiger partial charge in [-0.1, -0.05) is 22.0 Å². The molecular weight excluding hydrogens is 268 g/mol. The van der Waals surface area contributed by atoms with E-state index in [2.05, 4.69) is 15.9 Å². The van der Waals surface area contributed by atoms with Gasteiger partial charge in [0.2, 0.25) is 0 Å². The molecule has 84 valence electrons. The second kappa shape index (κ2) is 5.13. The van der Waals surface area contributed by atoms with E-state index in [1.807, 2.05) is 25.1 Å². The first-order valence-electron chi connectivity index (χ1n) is 4.90. The van der Waals surface area contributed by atoms with Crippen molar-refractivity contribution in [1.29, 1.82) is 5.26 Å². The molecule has 0 saturated heterocycles. The topological polar surface area (TPSA) is 44.1 Å². The summed E-state index contributed by atoms with van der Waals surface area (Å²) < 4.78 is 0.861. The first-order chi connectivity index (χ1) is 7.47. The molecule has 1 aromatic carbocycles. The summed E-state index contributed by atoms with van der Waals surface area (Å²) in [6.07, 6.45) is 0. The van der Waals surface area contributed by atoms with E-state index in [4.69, 9.17) is 5.26 Å². The summed E-state index contributed by atoms with van der Waals surface area (Å²) in [5.74, 6) is -0.132. The summed E-state index contributed by atoms with van der Waals surface area (Å²) in [6.45, 7) is 3.58. The van der Waals surface area contributed by atoms with Crippen molar-refractivity contribution >= 4 is 21.8 Å². The van der Waals surface area contributed by atoms with Crippen molar-refractivity contribution in [3.8, 4) is 6.07 Å². The van der Waals surface area contributed by atoms with Gasteiger partial charge in [0.05, 0.1) is 6.07 Å². The summed E-state index contributed by atoms with van der Waals surface area (Å²) in [7, 11) is 1.64. The van der Waals surface area contributed by atoms with Crippen molar-refractivity contribution in [2.45, 2.75) is 19.9 Å². The van der Waals surface area contributed by atoms with Crippen LogP contribution in [0.2, 0.25) is 0 Å². The van der Waals surface area contributed by atoms with Crippen LogP contribution in [0.25, 0.3) is 0 Å². The molecule has 1 unspecified atom stereocenters. The molecule has 16 heavy (non-hydrogen) atoms. The molecule has 1 aromatic rings. The van der Waals surface area contributed by atoms with Crippen LogP contribution >= 0.6 is 15.9 Å². The molecule has 1 rings (SSSR count). The van der Waals surface area contributed by atoms with Gasteiger partial charge < -0.3 is 4.90 Å². The largest absolute Gasteiger partial charge is 0.326 e. The minimum atomic E-state index is -0.425. The van der Waals surface area contributed by atoms with E-state index in [-0.39, 0.29) is 5.91 Å². The van der Waals surface area contributed by atoms with Crippen LogP contribution in [0, 0.1) is 18.3 Å². The number of carbonyl (C=O) groups excluding carboxylic acids is 1. The Morgan fingerprint density at radius 1 is 1.56 bits per heavy atom. The lowest BCUT2D eigenvalue weighted by Crippen LogP contribution is -2.34. The molecule has 3 nitrogen and oxygen atoms in total. The number of carbonyl (C=O) groups is 1. The monoisotopic (exact) mass is 280 g/mol. The van der Waals surface area contributed by atoms with Crippen LogP contribution in [-0.4, -0.2) is 23.9 Å². The van der Waals surface area contributed by atoms with Crippen molar-refractivity contribution in [1.82, 2.24) is 4.90 Å². The molecule has 1 atom stereocenters. The fraction of sp³-hybridized carbons (Fsp3) is 0.333. The Bertz CT molecular complexity index is 451. The zero-order chi connectivity index (χ0) is 12.3. The summed E-state index contributed by atoms with van der Waals surface area (Å²) in [4.78, 5) is 13.5. The van der Waals surface area contributed by atoms with Gasteiger partial charge in [-0.05, 0) is 31.5 Å². The van der Waals surface area contributed by atoms with Gasteiger partial charge in [0.1, 0.15) is 6.04 Å². The fourth-order valence-corrected chi connectivity index (χ4v) is 1.64. The molecule has 0 aliphatic rings. The van der Waals surface area contributed by atoms with E-state index >= 15 is 0 Å². The quantitative estimate of drug-likeness (QED) is 0.836. The first kappa shape index (κ1) is 12.7. The molecule has 0 fully saturated rings. The Labute approximate surface area is 104 Å². The summed E-state index contributed by atoms with van der Waals surface area (Å²) in [5.41, 5.74) is 1.53. The molecule has 0 bridgehead atoms. The van der Waals surface area contributed by atoms with E-state index in [0.717, 1.165) is 10.0 Å². The highest BCUT2D eigenvalue weighted by atomic mass is 79.9. The first-order valence-corrected chi connectivity index (χ1v) is 5.69. The number of rotatable bonds is 2. The smallest absolute Gasteiger partial charge is 0.254 e. The van der Waals surface area contributed by atoms with Gasteiger partial charge in [-0.15, -0.1) is 0 Å². The Kier molecular flexibility index (Phi) is 4.08. The van der Waals surface area contributed by atoms with Gasteiger partial charge in [-0.25, -0.2) is 0 Å². The SMILES string of the molecule is Cc1ccc(Br)cc1C(=O)N(C)C(C)C#N. The van der Waals surface area contributed by atoms with Gasteiger partial charge in [-0.3, -0.25) is 4.79 Å². The summed E-state index contributed by atoms with van der Waals surface area (Å²) in [6, 6.07) is 7.16. The zero-order valence-corrected chi connectivity index (χ0v) is 11.1. The Morgan fingerprint density at radius 2 is 2.19 bits per heavy atom. The van der Waals surface area contributed by atoms with Crippen molar-refractivity contribution in [2.75, 3.05) is 7.05 Å². The minimum absolute atomic E-state index is 0.132. The predicted octanol–water partition coefficient (Wildman–Crippen LogP) is 2.74. The highest BCUT2D eigenvalue weighted by Gasteiger charge is 2.18. The van der Waals surface area contributed by atoms with Crippen molar-refractivity contribution < 1.29 is 4.79 Å². The molecule has 0 aliphatic carbocycles. The Hall–Kier alpha value is -1.34. The maximum atomic E-state index is 12.1. The van der Waals surface area contributed by atoms with E-state index in [9.17, 15) is 4.79 Å². The number of nitriles is 1.